The smallest absolute Gasteiger partial charge is 0.350 e. The van der Waals surface area contributed by atoms with E-state index in [1.807, 2.05) is 0 Å². The molecule has 17 heavy (non-hydrogen) atoms. The first kappa shape index (κ1) is 13.9. The highest BCUT2D eigenvalue weighted by molar-refractivity contribution is 8.00. The van der Waals surface area contributed by atoms with Crippen LogP contribution in [-0.2, 0) is 10.3 Å². The van der Waals surface area contributed by atoms with E-state index >= 15 is 0 Å². The van der Waals surface area contributed by atoms with Crippen LogP contribution < -0.4 is 5.32 Å². The van der Waals surface area contributed by atoms with Crippen molar-refractivity contribution < 1.29 is 18.0 Å². The number of amides is 1. The summed E-state index contributed by atoms with van der Waals surface area (Å²) in [4.78, 5) is 10.5. The lowest BCUT2D eigenvalue weighted by molar-refractivity contribution is -0.111. The van der Waals surface area contributed by atoms with Gasteiger partial charge >= 0.3 is 5.51 Å². The Kier molecular flexibility index (Phi) is 4.08. The van der Waals surface area contributed by atoms with Crippen molar-refractivity contribution in [3.8, 4) is 0 Å². The molecule has 0 aromatic heterocycles. The topological polar surface area (TPSA) is 29.1 Å². The fourth-order valence-corrected chi connectivity index (χ4v) is 1.84. The van der Waals surface area contributed by atoms with Crippen LogP contribution in [0.5, 0.6) is 0 Å². The summed E-state index contributed by atoms with van der Waals surface area (Å²) in [5.74, 6) is 0. The molecule has 2 nitrogen and oxygen atoms in total. The van der Waals surface area contributed by atoms with Crippen LogP contribution in [0.3, 0.4) is 0 Å². The Balaban J connectivity index is 2.84. The minimum Gasteiger partial charge on any atom is -0.350 e. The van der Waals surface area contributed by atoms with Crippen LogP contribution in [0.15, 0.2) is 29.2 Å². The number of hydrogen-bond donors (Lipinski definition) is 1. The molecule has 1 N–H and O–H groups in total. The minimum atomic E-state index is -4.28. The van der Waals surface area contributed by atoms with Gasteiger partial charge in [-0.15, -0.1) is 0 Å². The second kappa shape index (κ2) is 5.00. The van der Waals surface area contributed by atoms with E-state index in [0.717, 1.165) is 5.56 Å². The second-order valence-electron chi connectivity index (χ2n) is 3.96. The number of carbonyl (C=O) groups is 1. The first-order valence-electron chi connectivity index (χ1n) is 4.82. The molecule has 0 atom stereocenters. The number of carbonyl (C=O) groups excluding carboxylic acids is 1. The van der Waals surface area contributed by atoms with Gasteiger partial charge in [0.05, 0.1) is 5.54 Å². The van der Waals surface area contributed by atoms with Gasteiger partial charge in [-0.25, -0.2) is 0 Å². The number of thioether (sulfide) groups is 1. The molecule has 0 unspecified atom stereocenters. The molecule has 0 aliphatic heterocycles. The SMILES string of the molecule is CC(C)(NC=O)c1ccc(SC(F)(F)F)cc1. The zero-order chi connectivity index (χ0) is 13.1. The summed E-state index contributed by atoms with van der Waals surface area (Å²) in [6.07, 6.45) is 0.568. The van der Waals surface area contributed by atoms with Gasteiger partial charge in [-0.3, -0.25) is 4.79 Å². The van der Waals surface area contributed by atoms with Gasteiger partial charge in [-0.1, -0.05) is 12.1 Å². The van der Waals surface area contributed by atoms with Gasteiger partial charge in [0.2, 0.25) is 6.41 Å². The van der Waals surface area contributed by atoms with Crippen molar-refractivity contribution in [3.05, 3.63) is 29.8 Å². The average molecular weight is 263 g/mol. The predicted octanol–water partition coefficient (Wildman–Crippen LogP) is 3.28. The summed E-state index contributed by atoms with van der Waals surface area (Å²) in [7, 11) is 0. The molecule has 0 bridgehead atoms. The van der Waals surface area contributed by atoms with E-state index in [1.165, 1.54) is 12.1 Å². The monoisotopic (exact) mass is 263 g/mol. The van der Waals surface area contributed by atoms with Crippen LogP contribution in [0, 0.1) is 0 Å². The lowest BCUT2D eigenvalue weighted by atomic mass is 9.95. The van der Waals surface area contributed by atoms with E-state index in [2.05, 4.69) is 5.32 Å². The van der Waals surface area contributed by atoms with Gasteiger partial charge in [0, 0.05) is 4.90 Å². The second-order valence-corrected chi connectivity index (χ2v) is 5.10. The Hall–Kier alpha value is -1.17. The highest BCUT2D eigenvalue weighted by Gasteiger charge is 2.29. The van der Waals surface area contributed by atoms with E-state index in [9.17, 15) is 18.0 Å². The lowest BCUT2D eigenvalue weighted by Gasteiger charge is -2.24. The van der Waals surface area contributed by atoms with Crippen LogP contribution in [0.4, 0.5) is 13.2 Å². The van der Waals surface area contributed by atoms with E-state index in [1.54, 1.807) is 26.0 Å². The standard InChI is InChI=1S/C11H12F3NOS/c1-10(2,15-7-16)8-3-5-9(6-4-8)17-11(12,13)14/h3-7H,1-2H3,(H,15,16). The molecular weight excluding hydrogens is 251 g/mol. The summed E-state index contributed by atoms with van der Waals surface area (Å²) in [5, 5.41) is 2.60. The third-order valence-electron chi connectivity index (χ3n) is 2.23. The molecule has 0 fully saturated rings. The Morgan fingerprint density at radius 2 is 1.71 bits per heavy atom. The van der Waals surface area contributed by atoms with Crippen LogP contribution in [0.25, 0.3) is 0 Å². The normalized spacial score (nSPS) is 12.3. The first-order chi connectivity index (χ1) is 7.74. The third-order valence-corrected chi connectivity index (χ3v) is 2.97. The molecule has 1 rings (SSSR count). The van der Waals surface area contributed by atoms with E-state index in [0.29, 0.717) is 6.41 Å². The number of alkyl halides is 3. The molecule has 94 valence electrons. The predicted molar refractivity (Wildman–Crippen MR) is 60.6 cm³/mol. The molecule has 0 aliphatic carbocycles. The van der Waals surface area contributed by atoms with Crippen molar-refractivity contribution in [1.29, 1.82) is 0 Å². The van der Waals surface area contributed by atoms with Gasteiger partial charge in [-0.05, 0) is 43.3 Å². The van der Waals surface area contributed by atoms with Crippen molar-refractivity contribution in [2.75, 3.05) is 0 Å². The molecule has 0 radical (unpaired) electrons. The van der Waals surface area contributed by atoms with Crippen LogP contribution in [0.1, 0.15) is 19.4 Å². The maximum absolute atomic E-state index is 12.1. The molecule has 0 saturated heterocycles. The Labute approximate surface area is 102 Å². The van der Waals surface area contributed by atoms with Crippen LogP contribution >= 0.6 is 11.8 Å². The van der Waals surface area contributed by atoms with Gasteiger partial charge in [-0.2, -0.15) is 13.2 Å². The molecule has 0 heterocycles. The summed E-state index contributed by atoms with van der Waals surface area (Å²) in [6.45, 7) is 3.54. The Morgan fingerprint density at radius 1 is 1.18 bits per heavy atom. The van der Waals surface area contributed by atoms with Crippen molar-refractivity contribution in [2.24, 2.45) is 0 Å². The van der Waals surface area contributed by atoms with E-state index in [-0.39, 0.29) is 16.7 Å². The molecule has 1 amide bonds. The van der Waals surface area contributed by atoms with E-state index < -0.39 is 11.0 Å². The minimum absolute atomic E-state index is 0.128. The summed E-state index contributed by atoms with van der Waals surface area (Å²) < 4.78 is 36.3. The molecule has 6 heteroatoms. The van der Waals surface area contributed by atoms with Crippen LogP contribution in [-0.4, -0.2) is 11.9 Å². The maximum atomic E-state index is 12.1. The largest absolute Gasteiger partial charge is 0.446 e. The highest BCUT2D eigenvalue weighted by Crippen LogP contribution is 2.37. The number of halogens is 3. The van der Waals surface area contributed by atoms with E-state index in [4.69, 9.17) is 0 Å². The lowest BCUT2D eigenvalue weighted by Crippen LogP contribution is -2.35. The first-order valence-corrected chi connectivity index (χ1v) is 5.64. The number of rotatable bonds is 4. The third kappa shape index (κ3) is 4.30. The zero-order valence-corrected chi connectivity index (χ0v) is 10.2. The highest BCUT2D eigenvalue weighted by atomic mass is 32.2. The van der Waals surface area contributed by atoms with Gasteiger partial charge in [0.25, 0.3) is 0 Å². The fourth-order valence-electron chi connectivity index (χ4n) is 1.30. The van der Waals surface area contributed by atoms with Crippen LogP contribution in [0.2, 0.25) is 0 Å². The average Bonchev–Trinajstić information content (AvgIpc) is 2.15. The van der Waals surface area contributed by atoms with Gasteiger partial charge < -0.3 is 5.32 Å². The fraction of sp³-hybridized carbons (Fsp3) is 0.364. The Bertz CT molecular complexity index is 387. The van der Waals surface area contributed by atoms with Crippen molar-refractivity contribution in [2.45, 2.75) is 29.8 Å². The number of hydrogen-bond acceptors (Lipinski definition) is 2. The molecule has 0 spiro atoms. The molecule has 1 aromatic rings. The number of benzene rings is 1. The molecular formula is C11H12F3NOS. The van der Waals surface area contributed by atoms with Gasteiger partial charge in [0.15, 0.2) is 0 Å². The molecule has 0 saturated carbocycles. The number of nitrogens with one attached hydrogen (secondary N) is 1. The zero-order valence-electron chi connectivity index (χ0n) is 9.34. The van der Waals surface area contributed by atoms with Crippen molar-refractivity contribution in [1.82, 2.24) is 5.32 Å². The molecule has 1 aromatic carbocycles. The molecule has 0 aliphatic rings. The van der Waals surface area contributed by atoms with Crippen molar-refractivity contribution >= 4 is 18.2 Å². The summed E-state index contributed by atoms with van der Waals surface area (Å²) >= 11 is -0.157. The van der Waals surface area contributed by atoms with Gasteiger partial charge in [0.1, 0.15) is 0 Å². The Morgan fingerprint density at radius 3 is 2.12 bits per heavy atom. The summed E-state index contributed by atoms with van der Waals surface area (Å²) in [5.41, 5.74) is -4.13. The van der Waals surface area contributed by atoms with Crippen molar-refractivity contribution in [3.63, 3.8) is 0 Å². The summed E-state index contributed by atoms with van der Waals surface area (Å²) in [6, 6.07) is 5.93. The maximum Gasteiger partial charge on any atom is 0.446 e. The quantitative estimate of drug-likeness (QED) is 0.667.